The largest absolute Gasteiger partial charge is 0.494 e. The molecule has 0 N–H and O–H groups in total. The number of rotatable bonds is 6. The van der Waals surface area contributed by atoms with Crippen LogP contribution in [0.2, 0.25) is 0 Å². The van der Waals surface area contributed by atoms with Gasteiger partial charge in [-0.3, -0.25) is 0 Å². The average Bonchev–Trinajstić information content (AvgIpc) is 2.36. The lowest BCUT2D eigenvalue weighted by atomic mass is 9.80. The van der Waals surface area contributed by atoms with Crippen LogP contribution in [-0.4, -0.2) is 11.9 Å². The summed E-state index contributed by atoms with van der Waals surface area (Å²) in [6, 6.07) is 6.75. The minimum atomic E-state index is 0.148. The van der Waals surface area contributed by atoms with E-state index in [0.29, 0.717) is 0 Å². The fourth-order valence-electron chi connectivity index (χ4n) is 2.11. The summed E-state index contributed by atoms with van der Waals surface area (Å²) in [5.74, 6) is 1.02. The molecular weight excluding hydrogens is 324 g/mol. The summed E-state index contributed by atoms with van der Waals surface area (Å²) in [6.45, 7) is 14.4. The van der Waals surface area contributed by atoms with E-state index in [1.54, 1.807) is 0 Å². The molecule has 1 aromatic rings. The molecule has 0 spiro atoms. The van der Waals surface area contributed by atoms with Crippen molar-refractivity contribution in [2.75, 3.05) is 11.9 Å². The van der Waals surface area contributed by atoms with Gasteiger partial charge in [-0.15, -0.1) is 0 Å². The summed E-state index contributed by atoms with van der Waals surface area (Å²) in [7, 11) is 0. The van der Waals surface area contributed by atoms with E-state index in [9.17, 15) is 0 Å². The van der Waals surface area contributed by atoms with Crippen molar-refractivity contribution < 1.29 is 4.74 Å². The Bertz CT molecular complexity index is 406. The zero-order valence-electron chi connectivity index (χ0n) is 14.6. The lowest BCUT2D eigenvalue weighted by Crippen LogP contribution is -2.16. The van der Waals surface area contributed by atoms with Crippen LogP contribution in [0.25, 0.3) is 0 Å². The van der Waals surface area contributed by atoms with Crippen LogP contribution in [0.4, 0.5) is 0 Å². The number of hydrogen-bond acceptors (Lipinski definition) is 1. The molecule has 120 valence electrons. The Morgan fingerprint density at radius 1 is 0.810 bits per heavy atom. The van der Waals surface area contributed by atoms with Gasteiger partial charge in [0.15, 0.2) is 0 Å². The van der Waals surface area contributed by atoms with Crippen molar-refractivity contribution in [3.05, 3.63) is 29.3 Å². The van der Waals surface area contributed by atoms with E-state index in [2.05, 4.69) is 75.7 Å². The number of halogens is 1. The van der Waals surface area contributed by atoms with Crippen LogP contribution in [0, 0.1) is 0 Å². The van der Waals surface area contributed by atoms with Crippen LogP contribution >= 0.6 is 15.9 Å². The van der Waals surface area contributed by atoms with Crippen LogP contribution in [-0.2, 0) is 10.8 Å². The average molecular weight is 355 g/mol. The maximum Gasteiger partial charge on any atom is 0.119 e. The topological polar surface area (TPSA) is 9.23 Å². The van der Waals surface area contributed by atoms with Gasteiger partial charge in [-0.25, -0.2) is 0 Å². The third kappa shape index (κ3) is 6.42. The maximum atomic E-state index is 6.01. The third-order valence-electron chi connectivity index (χ3n) is 3.69. The normalized spacial score (nSPS) is 12.5. The zero-order valence-corrected chi connectivity index (χ0v) is 16.1. The molecule has 0 aliphatic rings. The summed E-state index contributed by atoms with van der Waals surface area (Å²) >= 11 is 3.47. The fraction of sp³-hybridized carbons (Fsp3) is 0.684. The van der Waals surface area contributed by atoms with Crippen molar-refractivity contribution in [3.63, 3.8) is 0 Å². The number of unbranched alkanes of at least 4 members (excludes halogenated alkanes) is 2. The van der Waals surface area contributed by atoms with Gasteiger partial charge in [-0.2, -0.15) is 0 Å². The van der Waals surface area contributed by atoms with Crippen molar-refractivity contribution in [3.8, 4) is 5.75 Å². The van der Waals surface area contributed by atoms with Crippen molar-refractivity contribution in [2.45, 2.75) is 71.6 Å². The van der Waals surface area contributed by atoms with E-state index in [1.165, 1.54) is 24.0 Å². The van der Waals surface area contributed by atoms with Crippen molar-refractivity contribution in [1.29, 1.82) is 0 Å². The van der Waals surface area contributed by atoms with E-state index in [1.807, 2.05) is 0 Å². The Morgan fingerprint density at radius 3 is 1.76 bits per heavy atom. The van der Waals surface area contributed by atoms with Crippen LogP contribution in [0.5, 0.6) is 5.75 Å². The molecule has 1 aromatic carbocycles. The van der Waals surface area contributed by atoms with E-state index in [4.69, 9.17) is 4.74 Å². The second-order valence-electron chi connectivity index (χ2n) is 7.84. The SMILES string of the molecule is CC(C)(C)c1cc(OCCCCCBr)cc(C(C)(C)C)c1. The molecule has 0 aliphatic carbocycles. The predicted octanol–water partition coefficient (Wildman–Crippen LogP) is 6.23. The maximum absolute atomic E-state index is 6.01. The van der Waals surface area contributed by atoms with Gasteiger partial charge < -0.3 is 4.74 Å². The molecule has 0 saturated carbocycles. The Kier molecular flexibility index (Phi) is 6.77. The molecule has 0 bridgehead atoms. The first kappa shape index (κ1) is 18.5. The number of benzene rings is 1. The molecular formula is C19H31BrO. The second kappa shape index (κ2) is 7.67. The number of hydrogen-bond donors (Lipinski definition) is 0. The molecule has 2 heteroatoms. The molecule has 1 rings (SSSR count). The Morgan fingerprint density at radius 2 is 1.33 bits per heavy atom. The third-order valence-corrected chi connectivity index (χ3v) is 4.25. The van der Waals surface area contributed by atoms with Gasteiger partial charge in [0.1, 0.15) is 5.75 Å². The molecule has 0 heterocycles. The highest BCUT2D eigenvalue weighted by molar-refractivity contribution is 9.09. The highest BCUT2D eigenvalue weighted by atomic mass is 79.9. The molecule has 0 radical (unpaired) electrons. The minimum Gasteiger partial charge on any atom is -0.494 e. The van der Waals surface area contributed by atoms with Gasteiger partial charge in [-0.1, -0.05) is 63.5 Å². The van der Waals surface area contributed by atoms with Crippen molar-refractivity contribution in [1.82, 2.24) is 0 Å². The van der Waals surface area contributed by atoms with Gasteiger partial charge in [-0.05, 0) is 53.4 Å². The summed E-state index contributed by atoms with van der Waals surface area (Å²) in [5.41, 5.74) is 3.00. The quantitative estimate of drug-likeness (QED) is 0.434. The molecule has 0 aliphatic heterocycles. The summed E-state index contributed by atoms with van der Waals surface area (Å²) in [5, 5.41) is 1.08. The Balaban J connectivity index is 2.88. The standard InChI is InChI=1S/C19H31BrO/c1-18(2,3)15-12-16(19(4,5)6)14-17(13-15)21-11-9-7-8-10-20/h12-14H,7-11H2,1-6H3. The number of alkyl halides is 1. The smallest absolute Gasteiger partial charge is 0.119 e. The second-order valence-corrected chi connectivity index (χ2v) is 8.64. The zero-order chi connectivity index (χ0) is 16.1. The molecule has 0 atom stereocenters. The molecule has 0 fully saturated rings. The highest BCUT2D eigenvalue weighted by Crippen LogP contribution is 2.32. The van der Waals surface area contributed by atoms with Crippen molar-refractivity contribution >= 4 is 15.9 Å². The van der Waals surface area contributed by atoms with E-state index < -0.39 is 0 Å². The Labute approximate surface area is 139 Å². The van der Waals surface area contributed by atoms with Gasteiger partial charge in [0.05, 0.1) is 6.61 Å². The van der Waals surface area contributed by atoms with Crippen LogP contribution in [0.3, 0.4) is 0 Å². The molecule has 0 saturated heterocycles. The lowest BCUT2D eigenvalue weighted by Gasteiger charge is -2.26. The van der Waals surface area contributed by atoms with E-state index >= 15 is 0 Å². The summed E-state index contributed by atoms with van der Waals surface area (Å²) < 4.78 is 6.01. The van der Waals surface area contributed by atoms with Gasteiger partial charge in [0, 0.05) is 5.33 Å². The molecule has 21 heavy (non-hydrogen) atoms. The van der Waals surface area contributed by atoms with Crippen LogP contribution in [0.15, 0.2) is 18.2 Å². The molecule has 0 amide bonds. The number of ether oxygens (including phenoxy) is 1. The van der Waals surface area contributed by atoms with Crippen LogP contribution in [0.1, 0.15) is 71.9 Å². The summed E-state index contributed by atoms with van der Waals surface area (Å²) in [4.78, 5) is 0. The first-order valence-corrected chi connectivity index (χ1v) is 9.11. The molecule has 0 unspecified atom stereocenters. The first-order chi connectivity index (χ1) is 9.64. The lowest BCUT2D eigenvalue weighted by molar-refractivity contribution is 0.305. The van der Waals surface area contributed by atoms with Gasteiger partial charge in [0.25, 0.3) is 0 Å². The van der Waals surface area contributed by atoms with Gasteiger partial charge in [0.2, 0.25) is 0 Å². The van der Waals surface area contributed by atoms with Crippen LogP contribution < -0.4 is 4.74 Å². The Hall–Kier alpha value is -0.500. The molecule has 1 nitrogen and oxygen atoms in total. The highest BCUT2D eigenvalue weighted by Gasteiger charge is 2.20. The first-order valence-electron chi connectivity index (χ1n) is 7.99. The minimum absolute atomic E-state index is 0.148. The van der Waals surface area contributed by atoms with E-state index in [-0.39, 0.29) is 10.8 Å². The summed E-state index contributed by atoms with van der Waals surface area (Å²) in [6.07, 6.45) is 3.56. The predicted molar refractivity (Wildman–Crippen MR) is 97.0 cm³/mol. The molecule has 0 aromatic heterocycles. The van der Waals surface area contributed by atoms with Crippen molar-refractivity contribution in [2.24, 2.45) is 0 Å². The van der Waals surface area contributed by atoms with E-state index in [0.717, 1.165) is 24.1 Å². The fourth-order valence-corrected chi connectivity index (χ4v) is 2.51. The monoisotopic (exact) mass is 354 g/mol. The van der Waals surface area contributed by atoms with Gasteiger partial charge >= 0.3 is 0 Å².